The van der Waals surface area contributed by atoms with Gasteiger partial charge in [-0.2, -0.15) is 0 Å². The van der Waals surface area contributed by atoms with Crippen molar-refractivity contribution in [2.75, 3.05) is 20.1 Å². The molecule has 1 atom stereocenters. The SMILES string of the molecule is C#Cc1ccc2cc(-c3cnc(C4CCCN(C)CC4)c(C)c3)ccc2c1C=O.[H]. The van der Waals surface area contributed by atoms with E-state index in [0.29, 0.717) is 17.0 Å². The van der Waals surface area contributed by atoms with E-state index in [2.05, 4.69) is 36.9 Å². The first-order chi connectivity index (χ1) is 14.1. The Labute approximate surface area is 174 Å². The minimum atomic E-state index is 0. The maximum absolute atomic E-state index is 11.5. The molecule has 0 aliphatic carbocycles. The number of carbonyl (C=O) groups excluding carboxylic acids is 1. The molecule has 0 N–H and O–H groups in total. The maximum atomic E-state index is 11.5. The van der Waals surface area contributed by atoms with Crippen LogP contribution in [0.2, 0.25) is 0 Å². The van der Waals surface area contributed by atoms with E-state index in [0.717, 1.165) is 34.7 Å². The predicted octanol–water partition coefficient (Wildman–Crippen LogP) is 5.32. The Bertz CT molecular complexity index is 1120. The third-order valence-corrected chi connectivity index (χ3v) is 6.13. The Balaban J connectivity index is 0.00000256. The minimum absolute atomic E-state index is 0. The molecule has 2 heterocycles. The summed E-state index contributed by atoms with van der Waals surface area (Å²) < 4.78 is 0. The standard InChI is InChI=1S/C26H26N2O.H/c1-4-19-7-8-22-15-21(9-10-24(22)25(19)17-29)23-14-18(2)26(27-16-23)20-6-5-12-28(3)13-11-20;/h1,7-10,14-17,20H,5-6,11-13H2,2-3H3;. The second-order valence-electron chi connectivity index (χ2n) is 8.08. The minimum Gasteiger partial charge on any atom is -0.306 e. The van der Waals surface area contributed by atoms with Crippen LogP contribution in [0.5, 0.6) is 0 Å². The fourth-order valence-corrected chi connectivity index (χ4v) is 4.47. The second-order valence-corrected chi connectivity index (χ2v) is 8.08. The molecule has 1 fully saturated rings. The number of pyridine rings is 1. The summed E-state index contributed by atoms with van der Waals surface area (Å²) >= 11 is 0. The molecule has 0 amide bonds. The van der Waals surface area contributed by atoms with Crippen LogP contribution in [0.15, 0.2) is 42.6 Å². The van der Waals surface area contributed by atoms with Crippen molar-refractivity contribution in [3.63, 3.8) is 0 Å². The maximum Gasteiger partial charge on any atom is 0.151 e. The first-order valence-electron chi connectivity index (χ1n) is 10.2. The predicted molar refractivity (Wildman–Crippen MR) is 120 cm³/mol. The number of fused-ring (bicyclic) bond motifs is 1. The number of aldehydes is 1. The van der Waals surface area contributed by atoms with E-state index in [1.165, 1.54) is 37.1 Å². The average molecular weight is 384 g/mol. The number of nitrogens with zero attached hydrogens (tertiary/aromatic N) is 2. The van der Waals surface area contributed by atoms with Gasteiger partial charge in [-0.05, 0) is 86.4 Å². The van der Waals surface area contributed by atoms with Gasteiger partial charge in [0.15, 0.2) is 6.29 Å². The number of terminal acetylenes is 1. The lowest BCUT2D eigenvalue weighted by atomic mass is 9.91. The number of hydrogen-bond donors (Lipinski definition) is 0. The van der Waals surface area contributed by atoms with Gasteiger partial charge in [0.1, 0.15) is 0 Å². The van der Waals surface area contributed by atoms with E-state index in [4.69, 9.17) is 11.4 Å². The topological polar surface area (TPSA) is 33.2 Å². The van der Waals surface area contributed by atoms with Crippen molar-refractivity contribution >= 4 is 17.1 Å². The van der Waals surface area contributed by atoms with Crippen LogP contribution in [-0.4, -0.2) is 36.3 Å². The summed E-state index contributed by atoms with van der Waals surface area (Å²) in [5, 5.41) is 1.90. The molecule has 0 bridgehead atoms. The quantitative estimate of drug-likeness (QED) is 0.454. The van der Waals surface area contributed by atoms with Crippen LogP contribution in [0.3, 0.4) is 0 Å². The van der Waals surface area contributed by atoms with Crippen LogP contribution in [0, 0.1) is 19.3 Å². The molecular weight excluding hydrogens is 356 g/mol. The second kappa shape index (κ2) is 8.19. The summed E-state index contributed by atoms with van der Waals surface area (Å²) in [6, 6.07) is 12.2. The first-order valence-corrected chi connectivity index (χ1v) is 10.2. The molecule has 1 aliphatic heterocycles. The number of rotatable bonds is 3. The summed E-state index contributed by atoms with van der Waals surface area (Å²) in [5.41, 5.74) is 5.92. The lowest BCUT2D eigenvalue weighted by molar-refractivity contribution is 0.112. The summed E-state index contributed by atoms with van der Waals surface area (Å²) in [6.45, 7) is 4.48. The Kier molecular flexibility index (Phi) is 5.47. The molecule has 147 valence electrons. The summed E-state index contributed by atoms with van der Waals surface area (Å²) in [6.07, 6.45) is 12.0. The van der Waals surface area contributed by atoms with Gasteiger partial charge in [-0.1, -0.05) is 24.1 Å². The number of carbonyl (C=O) groups is 1. The lowest BCUT2D eigenvalue weighted by Gasteiger charge is -2.17. The molecule has 1 saturated heterocycles. The lowest BCUT2D eigenvalue weighted by Crippen LogP contribution is -2.18. The van der Waals surface area contributed by atoms with E-state index in [1.54, 1.807) is 0 Å². The van der Waals surface area contributed by atoms with Crippen LogP contribution in [0.25, 0.3) is 21.9 Å². The third kappa shape index (κ3) is 3.81. The van der Waals surface area contributed by atoms with E-state index in [1.807, 2.05) is 30.5 Å². The summed E-state index contributed by atoms with van der Waals surface area (Å²) in [5.74, 6) is 3.14. The van der Waals surface area contributed by atoms with Crippen molar-refractivity contribution in [2.45, 2.75) is 32.1 Å². The average Bonchev–Trinajstić information content (AvgIpc) is 2.96. The van der Waals surface area contributed by atoms with Crippen molar-refractivity contribution in [3.05, 3.63) is 65.0 Å². The van der Waals surface area contributed by atoms with Gasteiger partial charge in [-0.3, -0.25) is 9.78 Å². The fourth-order valence-electron chi connectivity index (χ4n) is 4.47. The molecule has 0 saturated carbocycles. The molecule has 29 heavy (non-hydrogen) atoms. The van der Waals surface area contributed by atoms with Crippen LogP contribution in [0.1, 0.15) is 53.8 Å². The van der Waals surface area contributed by atoms with Crippen LogP contribution >= 0.6 is 0 Å². The molecule has 3 heteroatoms. The van der Waals surface area contributed by atoms with Crippen LogP contribution in [0.4, 0.5) is 0 Å². The zero-order valence-electron chi connectivity index (χ0n) is 18.1. The van der Waals surface area contributed by atoms with Gasteiger partial charge in [-0.25, -0.2) is 0 Å². The zero-order chi connectivity index (χ0) is 20.4. The van der Waals surface area contributed by atoms with Gasteiger partial charge in [0.25, 0.3) is 0 Å². The molecule has 2 aromatic carbocycles. The molecule has 1 aliphatic rings. The van der Waals surface area contributed by atoms with E-state index in [9.17, 15) is 4.79 Å². The molecule has 1 unspecified atom stereocenters. The highest BCUT2D eigenvalue weighted by atomic mass is 16.1. The normalized spacial score (nSPS) is 17.6. The summed E-state index contributed by atoms with van der Waals surface area (Å²) in [4.78, 5) is 18.8. The van der Waals surface area contributed by atoms with Gasteiger partial charge in [-0.15, -0.1) is 6.42 Å². The Morgan fingerprint density at radius 2 is 2.03 bits per heavy atom. The van der Waals surface area contributed by atoms with Crippen molar-refractivity contribution in [2.24, 2.45) is 0 Å². The van der Waals surface area contributed by atoms with Gasteiger partial charge in [0.2, 0.25) is 0 Å². The van der Waals surface area contributed by atoms with Gasteiger partial charge in [0, 0.05) is 35.9 Å². The highest BCUT2D eigenvalue weighted by molar-refractivity contribution is 6.01. The van der Waals surface area contributed by atoms with E-state index < -0.39 is 0 Å². The highest BCUT2D eigenvalue weighted by Gasteiger charge is 2.19. The van der Waals surface area contributed by atoms with Gasteiger partial charge >= 0.3 is 0 Å². The molecule has 0 spiro atoms. The van der Waals surface area contributed by atoms with E-state index >= 15 is 0 Å². The largest absolute Gasteiger partial charge is 0.306 e. The smallest absolute Gasteiger partial charge is 0.151 e. The molecule has 4 rings (SSSR count). The van der Waals surface area contributed by atoms with Crippen molar-refractivity contribution in [3.8, 4) is 23.5 Å². The molecule has 1 radical (unpaired) electrons. The number of aromatic nitrogens is 1. The monoisotopic (exact) mass is 383 g/mol. The van der Waals surface area contributed by atoms with Crippen molar-refractivity contribution < 1.29 is 6.22 Å². The first kappa shape index (κ1) is 19.4. The number of likely N-dealkylation sites (tertiary alicyclic amines) is 1. The number of aryl methyl sites for hydroxylation is 1. The highest BCUT2D eigenvalue weighted by Crippen LogP contribution is 2.32. The van der Waals surface area contributed by atoms with Crippen LogP contribution < -0.4 is 0 Å². The Morgan fingerprint density at radius 3 is 2.79 bits per heavy atom. The van der Waals surface area contributed by atoms with Crippen molar-refractivity contribution in [1.29, 1.82) is 0 Å². The van der Waals surface area contributed by atoms with Gasteiger partial charge < -0.3 is 4.90 Å². The fraction of sp³-hybridized carbons (Fsp3) is 0.308. The number of benzene rings is 2. The number of hydrogen-bond acceptors (Lipinski definition) is 3. The van der Waals surface area contributed by atoms with E-state index in [-0.39, 0.29) is 1.43 Å². The third-order valence-electron chi connectivity index (χ3n) is 6.13. The van der Waals surface area contributed by atoms with Crippen LogP contribution in [-0.2, 0) is 0 Å². The molecule has 1 aromatic heterocycles. The molecule has 3 nitrogen and oxygen atoms in total. The summed E-state index contributed by atoms with van der Waals surface area (Å²) in [7, 11) is 2.20. The Hall–Kier alpha value is -2.96. The van der Waals surface area contributed by atoms with Gasteiger partial charge in [0.05, 0.1) is 0 Å². The zero-order valence-corrected chi connectivity index (χ0v) is 17.1. The molecular formula is C26H27N2O. The Morgan fingerprint density at radius 1 is 1.17 bits per heavy atom. The molecule has 3 aromatic rings. The van der Waals surface area contributed by atoms with Crippen molar-refractivity contribution in [1.82, 2.24) is 9.88 Å².